The van der Waals surface area contributed by atoms with Crippen molar-refractivity contribution in [2.75, 3.05) is 10.6 Å². The average Bonchev–Trinajstić information content (AvgIpc) is 3.14. The number of anilines is 2. The van der Waals surface area contributed by atoms with Crippen LogP contribution in [0, 0.1) is 17.0 Å². The summed E-state index contributed by atoms with van der Waals surface area (Å²) in [6.45, 7) is 3.67. The van der Waals surface area contributed by atoms with Gasteiger partial charge in [0.1, 0.15) is 12.4 Å². The van der Waals surface area contributed by atoms with E-state index in [2.05, 4.69) is 20.7 Å². The van der Waals surface area contributed by atoms with Crippen molar-refractivity contribution in [1.29, 1.82) is 0 Å². The highest BCUT2D eigenvalue weighted by Crippen LogP contribution is 2.38. The molecule has 3 aromatic rings. The number of carbonyl (C=O) groups excluding carboxylic acids is 1. The molecule has 0 saturated heterocycles. The molecule has 1 aromatic heterocycles. The highest BCUT2D eigenvalue weighted by molar-refractivity contribution is 6.06. The Morgan fingerprint density at radius 1 is 1.21 bits per heavy atom. The molecule has 1 aliphatic heterocycles. The number of nitrogens with one attached hydrogen (secondary N) is 2. The highest BCUT2D eigenvalue weighted by Gasteiger charge is 2.36. The molecule has 9 nitrogen and oxygen atoms in total. The Labute approximate surface area is 166 Å². The predicted octanol–water partition coefficient (Wildman–Crippen LogP) is 3.42. The Hall–Kier alpha value is -4.01. The molecule has 2 N–H and O–H groups in total. The van der Waals surface area contributed by atoms with Gasteiger partial charge in [0.15, 0.2) is 0 Å². The molecule has 1 atom stereocenters. The standard InChI is InChI=1S/C20H18N6O3/c1-12-6-5-7-14(10-12)24-19(27)17-13(2)23-20-21-11-22-25(20)18(17)15-8-3-4-9-16(15)26(28)29/h3-11,18H,1-2H3,(H,24,27)(H,21,22,23). The first-order chi connectivity index (χ1) is 14.0. The number of hydrogen-bond donors (Lipinski definition) is 2. The smallest absolute Gasteiger partial charge is 0.275 e. The Balaban J connectivity index is 1.83. The van der Waals surface area contributed by atoms with Crippen LogP contribution in [0.5, 0.6) is 0 Å². The number of nitro benzene ring substituents is 1. The molecular weight excluding hydrogens is 372 g/mol. The van der Waals surface area contributed by atoms with Crippen LogP contribution in [0.2, 0.25) is 0 Å². The summed E-state index contributed by atoms with van der Waals surface area (Å²) >= 11 is 0. The summed E-state index contributed by atoms with van der Waals surface area (Å²) in [5.74, 6) is 0.0441. The summed E-state index contributed by atoms with van der Waals surface area (Å²) in [7, 11) is 0. The monoisotopic (exact) mass is 390 g/mol. The fraction of sp³-hybridized carbons (Fsp3) is 0.150. The molecule has 29 heavy (non-hydrogen) atoms. The number of hydrogen-bond acceptors (Lipinski definition) is 6. The van der Waals surface area contributed by atoms with Gasteiger partial charge in [-0.3, -0.25) is 14.9 Å². The van der Waals surface area contributed by atoms with Gasteiger partial charge in [-0.05, 0) is 37.6 Å². The molecule has 2 heterocycles. The van der Waals surface area contributed by atoms with E-state index in [1.165, 1.54) is 17.1 Å². The van der Waals surface area contributed by atoms with Crippen molar-refractivity contribution in [2.45, 2.75) is 19.9 Å². The number of nitro groups is 1. The van der Waals surface area contributed by atoms with E-state index >= 15 is 0 Å². The molecule has 1 aliphatic rings. The molecule has 1 unspecified atom stereocenters. The fourth-order valence-electron chi connectivity index (χ4n) is 3.48. The second-order valence-corrected chi connectivity index (χ2v) is 6.73. The molecule has 0 fully saturated rings. The molecule has 4 rings (SSSR count). The Bertz CT molecular complexity index is 1150. The maximum Gasteiger partial charge on any atom is 0.275 e. The van der Waals surface area contributed by atoms with Crippen LogP contribution in [0.3, 0.4) is 0 Å². The van der Waals surface area contributed by atoms with Gasteiger partial charge in [0, 0.05) is 17.5 Å². The van der Waals surface area contributed by atoms with Crippen LogP contribution in [0.4, 0.5) is 17.3 Å². The third-order valence-corrected chi connectivity index (χ3v) is 4.74. The van der Waals surface area contributed by atoms with Crippen molar-refractivity contribution in [1.82, 2.24) is 14.8 Å². The number of amides is 1. The minimum Gasteiger partial charge on any atom is -0.328 e. The summed E-state index contributed by atoms with van der Waals surface area (Å²) in [6, 6.07) is 13.0. The van der Waals surface area contributed by atoms with E-state index in [-0.39, 0.29) is 11.6 Å². The van der Waals surface area contributed by atoms with Gasteiger partial charge in [0.25, 0.3) is 11.6 Å². The lowest BCUT2D eigenvalue weighted by molar-refractivity contribution is -0.385. The molecular formula is C20H18N6O3. The zero-order valence-electron chi connectivity index (χ0n) is 15.8. The van der Waals surface area contributed by atoms with Crippen molar-refractivity contribution < 1.29 is 9.72 Å². The summed E-state index contributed by atoms with van der Waals surface area (Å²) in [5, 5.41) is 21.8. The summed E-state index contributed by atoms with van der Waals surface area (Å²) in [4.78, 5) is 28.6. The van der Waals surface area contributed by atoms with E-state index in [0.717, 1.165) is 5.56 Å². The van der Waals surface area contributed by atoms with Gasteiger partial charge in [-0.1, -0.05) is 24.3 Å². The Morgan fingerprint density at radius 2 is 2.00 bits per heavy atom. The van der Waals surface area contributed by atoms with E-state index in [4.69, 9.17) is 0 Å². The number of fused-ring (bicyclic) bond motifs is 1. The van der Waals surface area contributed by atoms with Gasteiger partial charge in [0.05, 0.1) is 16.1 Å². The largest absolute Gasteiger partial charge is 0.328 e. The molecule has 1 amide bonds. The van der Waals surface area contributed by atoms with Crippen LogP contribution < -0.4 is 10.6 Å². The van der Waals surface area contributed by atoms with Crippen molar-refractivity contribution in [3.8, 4) is 0 Å². The molecule has 0 saturated carbocycles. The number of para-hydroxylation sites is 1. The summed E-state index contributed by atoms with van der Waals surface area (Å²) < 4.78 is 1.49. The number of carbonyl (C=O) groups is 1. The average molecular weight is 390 g/mol. The van der Waals surface area contributed by atoms with Gasteiger partial charge in [0.2, 0.25) is 5.95 Å². The summed E-state index contributed by atoms with van der Waals surface area (Å²) in [5.41, 5.74) is 2.80. The van der Waals surface area contributed by atoms with Crippen LogP contribution in [-0.2, 0) is 4.79 Å². The quantitative estimate of drug-likeness (QED) is 0.521. The lowest BCUT2D eigenvalue weighted by Gasteiger charge is -2.28. The number of benzene rings is 2. The van der Waals surface area contributed by atoms with E-state index in [1.807, 2.05) is 25.1 Å². The van der Waals surface area contributed by atoms with Crippen LogP contribution in [0.15, 0.2) is 66.1 Å². The zero-order chi connectivity index (χ0) is 20.5. The van der Waals surface area contributed by atoms with Gasteiger partial charge in [-0.2, -0.15) is 10.1 Å². The Morgan fingerprint density at radius 3 is 2.76 bits per heavy atom. The van der Waals surface area contributed by atoms with Crippen molar-refractivity contribution in [3.63, 3.8) is 0 Å². The second-order valence-electron chi connectivity index (χ2n) is 6.73. The van der Waals surface area contributed by atoms with Crippen LogP contribution in [-0.4, -0.2) is 25.6 Å². The third kappa shape index (κ3) is 3.33. The predicted molar refractivity (Wildman–Crippen MR) is 107 cm³/mol. The molecule has 2 aromatic carbocycles. The van der Waals surface area contributed by atoms with E-state index in [9.17, 15) is 14.9 Å². The SMILES string of the molecule is CC1=C(C(=O)Nc2cccc(C)c2)C(c2ccccc2[N+](=O)[O-])n2ncnc2N1. The lowest BCUT2D eigenvalue weighted by Crippen LogP contribution is -2.31. The lowest BCUT2D eigenvalue weighted by atomic mass is 9.93. The molecule has 0 spiro atoms. The van der Waals surface area contributed by atoms with Crippen molar-refractivity contribution in [3.05, 3.63) is 87.4 Å². The van der Waals surface area contributed by atoms with E-state index in [1.54, 1.807) is 31.2 Å². The molecule has 0 aliphatic carbocycles. The van der Waals surface area contributed by atoms with Gasteiger partial charge in [-0.15, -0.1) is 0 Å². The van der Waals surface area contributed by atoms with Crippen LogP contribution >= 0.6 is 0 Å². The van der Waals surface area contributed by atoms with Crippen LogP contribution in [0.1, 0.15) is 24.1 Å². The molecule has 146 valence electrons. The molecule has 9 heteroatoms. The first kappa shape index (κ1) is 18.4. The van der Waals surface area contributed by atoms with Crippen molar-refractivity contribution in [2.24, 2.45) is 0 Å². The summed E-state index contributed by atoms with van der Waals surface area (Å²) in [6.07, 6.45) is 1.35. The maximum atomic E-state index is 13.2. The Kier molecular flexibility index (Phi) is 4.55. The second kappa shape index (κ2) is 7.19. The fourth-order valence-corrected chi connectivity index (χ4v) is 3.48. The number of aromatic nitrogens is 3. The number of nitrogens with zero attached hydrogens (tertiary/aromatic N) is 4. The van der Waals surface area contributed by atoms with Gasteiger partial charge >= 0.3 is 0 Å². The maximum absolute atomic E-state index is 13.2. The van der Waals surface area contributed by atoms with Gasteiger partial charge < -0.3 is 10.6 Å². The first-order valence-electron chi connectivity index (χ1n) is 8.94. The van der Waals surface area contributed by atoms with E-state index < -0.39 is 11.0 Å². The number of allylic oxidation sites excluding steroid dienone is 1. The minimum absolute atomic E-state index is 0.0884. The molecule has 0 radical (unpaired) electrons. The van der Waals surface area contributed by atoms with E-state index in [0.29, 0.717) is 28.5 Å². The van der Waals surface area contributed by atoms with Gasteiger partial charge in [-0.25, -0.2) is 4.68 Å². The minimum atomic E-state index is -0.792. The highest BCUT2D eigenvalue weighted by atomic mass is 16.6. The zero-order valence-corrected chi connectivity index (χ0v) is 15.8. The topological polar surface area (TPSA) is 115 Å². The first-order valence-corrected chi connectivity index (χ1v) is 8.94. The normalized spacial score (nSPS) is 15.4. The molecule has 0 bridgehead atoms. The van der Waals surface area contributed by atoms with Crippen LogP contribution in [0.25, 0.3) is 0 Å². The number of aryl methyl sites for hydroxylation is 1. The number of rotatable bonds is 4. The van der Waals surface area contributed by atoms with Crippen molar-refractivity contribution >= 4 is 23.2 Å². The third-order valence-electron chi connectivity index (χ3n) is 4.74.